The Morgan fingerprint density at radius 1 is 1.10 bits per heavy atom. The lowest BCUT2D eigenvalue weighted by Crippen LogP contribution is -2.50. The van der Waals surface area contributed by atoms with Crippen LogP contribution in [0.5, 0.6) is 0 Å². The van der Waals surface area contributed by atoms with Crippen molar-refractivity contribution in [1.82, 2.24) is 13.6 Å². The first-order valence-electron chi connectivity index (χ1n) is 5.78. The number of piperazine rings is 1. The zero-order chi connectivity index (χ0) is 15.0. The quantitative estimate of drug-likeness (QED) is 0.723. The fourth-order valence-electron chi connectivity index (χ4n) is 1.94. The molecule has 7 nitrogen and oxygen atoms in total. The number of halogens is 1. The van der Waals surface area contributed by atoms with Crippen LogP contribution in [0.4, 0.5) is 0 Å². The Morgan fingerprint density at radius 2 is 1.65 bits per heavy atom. The van der Waals surface area contributed by atoms with Gasteiger partial charge in [-0.1, -0.05) is 11.6 Å². The molecular formula is C10H14ClN3O4S2. The number of sulfonamides is 2. The molecule has 1 fully saturated rings. The predicted molar refractivity (Wildman–Crippen MR) is 74.4 cm³/mol. The lowest BCUT2D eigenvalue weighted by atomic mass is 10.4. The summed E-state index contributed by atoms with van der Waals surface area (Å²) in [5.74, 6) is 0. The van der Waals surface area contributed by atoms with Crippen LogP contribution in [0.15, 0.2) is 23.2 Å². The van der Waals surface area contributed by atoms with E-state index in [1.54, 1.807) is 0 Å². The van der Waals surface area contributed by atoms with Crippen molar-refractivity contribution in [2.75, 3.05) is 32.4 Å². The minimum absolute atomic E-state index is 0.0605. The van der Waals surface area contributed by atoms with Gasteiger partial charge in [0, 0.05) is 32.4 Å². The second-order valence-electron chi connectivity index (χ2n) is 4.38. The average Bonchev–Trinajstić information content (AvgIpc) is 2.38. The molecule has 0 atom stereocenters. The van der Waals surface area contributed by atoms with Crippen LogP contribution in [0, 0.1) is 0 Å². The number of hydrogen-bond acceptors (Lipinski definition) is 5. The molecule has 112 valence electrons. The van der Waals surface area contributed by atoms with Gasteiger partial charge >= 0.3 is 0 Å². The van der Waals surface area contributed by atoms with Crippen molar-refractivity contribution in [3.63, 3.8) is 0 Å². The number of aromatic nitrogens is 1. The Kier molecular flexibility index (Phi) is 4.35. The molecule has 0 unspecified atom stereocenters. The maximum Gasteiger partial charge on any atom is 0.243 e. The van der Waals surface area contributed by atoms with Crippen molar-refractivity contribution in [3.8, 4) is 0 Å². The maximum absolute atomic E-state index is 12.4. The first kappa shape index (κ1) is 15.6. The van der Waals surface area contributed by atoms with Crippen molar-refractivity contribution >= 4 is 31.6 Å². The molecule has 1 saturated heterocycles. The number of nitrogens with zero attached hydrogens (tertiary/aromatic N) is 3. The van der Waals surface area contributed by atoms with Gasteiger partial charge in [-0.25, -0.2) is 21.8 Å². The molecule has 0 bridgehead atoms. The Balaban J connectivity index is 2.18. The van der Waals surface area contributed by atoms with E-state index in [1.165, 1.54) is 26.9 Å². The first-order chi connectivity index (χ1) is 9.21. The summed E-state index contributed by atoms with van der Waals surface area (Å²) in [4.78, 5) is 3.80. The Morgan fingerprint density at radius 3 is 2.15 bits per heavy atom. The van der Waals surface area contributed by atoms with Crippen LogP contribution in [0.1, 0.15) is 0 Å². The van der Waals surface area contributed by atoms with Crippen LogP contribution in [0.2, 0.25) is 5.15 Å². The topological polar surface area (TPSA) is 87.7 Å². The van der Waals surface area contributed by atoms with Gasteiger partial charge in [0.05, 0.1) is 11.2 Å². The SMILES string of the molecule is CS(=O)(=O)N1CCN(S(=O)(=O)c2ccnc(Cl)c2)CC1. The van der Waals surface area contributed by atoms with Gasteiger partial charge in [0.1, 0.15) is 5.15 Å². The lowest BCUT2D eigenvalue weighted by Gasteiger charge is -2.32. The van der Waals surface area contributed by atoms with Gasteiger partial charge in [0.25, 0.3) is 0 Å². The maximum atomic E-state index is 12.4. The molecule has 20 heavy (non-hydrogen) atoms. The summed E-state index contributed by atoms with van der Waals surface area (Å²) in [6, 6.07) is 2.64. The Labute approximate surface area is 123 Å². The summed E-state index contributed by atoms with van der Waals surface area (Å²) in [6.07, 6.45) is 2.43. The van der Waals surface area contributed by atoms with Crippen LogP contribution < -0.4 is 0 Å². The highest BCUT2D eigenvalue weighted by Crippen LogP contribution is 2.20. The molecule has 2 rings (SSSR count). The van der Waals surface area contributed by atoms with E-state index in [9.17, 15) is 16.8 Å². The molecule has 0 saturated carbocycles. The molecule has 0 N–H and O–H groups in total. The minimum atomic E-state index is -3.67. The molecule has 1 aromatic rings. The Hall–Kier alpha value is -0.740. The third-order valence-electron chi connectivity index (χ3n) is 3.00. The number of hydrogen-bond donors (Lipinski definition) is 0. The van der Waals surface area contributed by atoms with Gasteiger partial charge in [-0.2, -0.15) is 8.61 Å². The van der Waals surface area contributed by atoms with Crippen LogP contribution in [0.3, 0.4) is 0 Å². The zero-order valence-corrected chi connectivity index (χ0v) is 13.1. The third kappa shape index (κ3) is 3.29. The highest BCUT2D eigenvalue weighted by Gasteiger charge is 2.31. The van der Waals surface area contributed by atoms with Gasteiger partial charge in [0.2, 0.25) is 20.0 Å². The molecule has 1 aliphatic heterocycles. The summed E-state index contributed by atoms with van der Waals surface area (Å²) in [5.41, 5.74) is 0. The predicted octanol–water partition coefficient (Wildman–Crippen LogP) is 0.000900. The second-order valence-corrected chi connectivity index (χ2v) is 8.69. The van der Waals surface area contributed by atoms with E-state index in [1.807, 2.05) is 0 Å². The molecule has 0 aliphatic carbocycles. The summed E-state index contributed by atoms with van der Waals surface area (Å²) >= 11 is 5.69. The van der Waals surface area contributed by atoms with E-state index in [0.29, 0.717) is 0 Å². The van der Waals surface area contributed by atoms with Crippen molar-refractivity contribution in [2.24, 2.45) is 0 Å². The van der Waals surface area contributed by atoms with Crippen LogP contribution >= 0.6 is 11.6 Å². The van der Waals surface area contributed by atoms with Gasteiger partial charge in [-0.05, 0) is 12.1 Å². The first-order valence-corrected chi connectivity index (χ1v) is 9.45. The highest BCUT2D eigenvalue weighted by molar-refractivity contribution is 7.89. The van der Waals surface area contributed by atoms with Crippen molar-refractivity contribution in [2.45, 2.75) is 4.90 Å². The third-order valence-corrected chi connectivity index (χ3v) is 6.41. The van der Waals surface area contributed by atoms with Crippen LogP contribution in [-0.2, 0) is 20.0 Å². The van der Waals surface area contributed by atoms with Crippen LogP contribution in [-0.4, -0.2) is 62.9 Å². The molecule has 2 heterocycles. The molecule has 1 aliphatic rings. The fourth-order valence-corrected chi connectivity index (χ4v) is 4.44. The van der Waals surface area contributed by atoms with Crippen molar-refractivity contribution in [3.05, 3.63) is 23.5 Å². The highest BCUT2D eigenvalue weighted by atomic mass is 35.5. The van der Waals surface area contributed by atoms with Gasteiger partial charge in [-0.15, -0.1) is 0 Å². The summed E-state index contributed by atoms with van der Waals surface area (Å²) < 4.78 is 50.0. The van der Waals surface area contributed by atoms with E-state index < -0.39 is 20.0 Å². The summed E-state index contributed by atoms with van der Waals surface area (Å²) in [5, 5.41) is 0.0980. The van der Waals surface area contributed by atoms with E-state index in [-0.39, 0.29) is 36.2 Å². The minimum Gasteiger partial charge on any atom is -0.244 e. The summed E-state index contributed by atoms with van der Waals surface area (Å²) in [7, 11) is -6.95. The molecule has 0 radical (unpaired) electrons. The van der Waals surface area contributed by atoms with Crippen molar-refractivity contribution < 1.29 is 16.8 Å². The summed E-state index contributed by atoms with van der Waals surface area (Å²) in [6.45, 7) is 0.540. The Bertz CT molecular complexity index is 697. The zero-order valence-electron chi connectivity index (χ0n) is 10.7. The van der Waals surface area contributed by atoms with E-state index in [0.717, 1.165) is 6.26 Å². The molecule has 0 spiro atoms. The molecule has 0 aromatic carbocycles. The standard InChI is InChI=1S/C10H14ClN3O4S2/c1-19(15,16)13-4-6-14(7-5-13)20(17,18)9-2-3-12-10(11)8-9/h2-3,8H,4-7H2,1H3. The normalized spacial score (nSPS) is 19.1. The molecule has 0 amide bonds. The number of rotatable bonds is 3. The monoisotopic (exact) mass is 339 g/mol. The number of pyridine rings is 1. The smallest absolute Gasteiger partial charge is 0.243 e. The molecule has 10 heteroatoms. The van der Waals surface area contributed by atoms with Gasteiger partial charge in [0.15, 0.2) is 0 Å². The molecular weight excluding hydrogens is 326 g/mol. The largest absolute Gasteiger partial charge is 0.244 e. The van der Waals surface area contributed by atoms with E-state index in [2.05, 4.69) is 4.98 Å². The van der Waals surface area contributed by atoms with Crippen LogP contribution in [0.25, 0.3) is 0 Å². The van der Waals surface area contributed by atoms with Crippen molar-refractivity contribution in [1.29, 1.82) is 0 Å². The fraction of sp³-hybridized carbons (Fsp3) is 0.500. The van der Waals surface area contributed by atoms with E-state index >= 15 is 0 Å². The van der Waals surface area contributed by atoms with Gasteiger partial charge in [-0.3, -0.25) is 0 Å². The van der Waals surface area contributed by atoms with E-state index in [4.69, 9.17) is 11.6 Å². The van der Waals surface area contributed by atoms with Gasteiger partial charge < -0.3 is 0 Å². The average molecular weight is 340 g/mol. The molecule has 1 aromatic heterocycles. The lowest BCUT2D eigenvalue weighted by molar-refractivity contribution is 0.274. The second kappa shape index (κ2) is 5.57.